The van der Waals surface area contributed by atoms with Crippen LogP contribution in [0.1, 0.15) is 36.7 Å². The topological polar surface area (TPSA) is 56.1 Å². The van der Waals surface area contributed by atoms with Gasteiger partial charge in [-0.25, -0.2) is 4.98 Å². The smallest absolute Gasteiger partial charge is 0.231 e. The van der Waals surface area contributed by atoms with Crippen LogP contribution in [0.2, 0.25) is 0 Å². The van der Waals surface area contributed by atoms with E-state index in [1.807, 2.05) is 43.4 Å². The molecule has 3 aromatic rings. The van der Waals surface area contributed by atoms with Crippen molar-refractivity contribution in [2.75, 3.05) is 25.2 Å². The minimum atomic E-state index is -0.554. The number of fused-ring (bicyclic) bond motifs is 1. The molecule has 0 aliphatic carbocycles. The monoisotopic (exact) mass is 423 g/mol. The lowest BCUT2D eigenvalue weighted by Crippen LogP contribution is -2.49. The van der Waals surface area contributed by atoms with Gasteiger partial charge in [-0.05, 0) is 49.0 Å². The molecule has 1 aliphatic heterocycles. The zero-order valence-electron chi connectivity index (χ0n) is 17.6. The summed E-state index contributed by atoms with van der Waals surface area (Å²) in [6.07, 6.45) is 4.32. The van der Waals surface area contributed by atoms with E-state index in [1.54, 1.807) is 11.8 Å². The molecule has 0 radical (unpaired) electrons. The van der Waals surface area contributed by atoms with Crippen molar-refractivity contribution >= 4 is 28.7 Å². The van der Waals surface area contributed by atoms with E-state index in [-0.39, 0.29) is 11.9 Å². The molecule has 158 valence electrons. The standard InChI is InChI=1S/C24H29N3O2S/c1-27-21-11-7-6-10-19(21)25-22(27)20(12-17-30-2)26-23(28)24(13-15-29-16-14-24)18-8-4-3-5-9-18/h3-11,20H,12-17H2,1-2H3,(H,26,28). The van der Waals surface area contributed by atoms with E-state index in [9.17, 15) is 4.79 Å². The molecule has 0 spiro atoms. The van der Waals surface area contributed by atoms with Gasteiger partial charge in [0.25, 0.3) is 0 Å². The van der Waals surface area contributed by atoms with Gasteiger partial charge in [0.05, 0.1) is 22.5 Å². The lowest BCUT2D eigenvalue weighted by Gasteiger charge is -2.37. The first-order valence-electron chi connectivity index (χ1n) is 10.5. The number of nitrogens with one attached hydrogen (secondary N) is 1. The summed E-state index contributed by atoms with van der Waals surface area (Å²) < 4.78 is 7.72. The summed E-state index contributed by atoms with van der Waals surface area (Å²) >= 11 is 1.79. The average Bonchev–Trinajstić information content (AvgIpc) is 3.14. The van der Waals surface area contributed by atoms with Crippen LogP contribution in [0, 0.1) is 0 Å². The van der Waals surface area contributed by atoms with E-state index in [1.165, 1.54) is 0 Å². The van der Waals surface area contributed by atoms with Gasteiger partial charge in [0.2, 0.25) is 5.91 Å². The number of hydrogen-bond donors (Lipinski definition) is 1. The molecule has 1 saturated heterocycles. The maximum atomic E-state index is 13.8. The third-order valence-corrected chi connectivity index (χ3v) is 6.80. The van der Waals surface area contributed by atoms with Crippen molar-refractivity contribution in [2.45, 2.75) is 30.7 Å². The minimum Gasteiger partial charge on any atom is -0.381 e. The first kappa shape index (κ1) is 20.9. The number of imidazole rings is 1. The van der Waals surface area contributed by atoms with Gasteiger partial charge in [-0.1, -0.05) is 42.5 Å². The Morgan fingerprint density at radius 1 is 1.17 bits per heavy atom. The molecule has 4 rings (SSSR count). The predicted octanol–water partition coefficient (Wildman–Crippen LogP) is 4.23. The highest BCUT2D eigenvalue weighted by atomic mass is 32.2. The largest absolute Gasteiger partial charge is 0.381 e. The van der Waals surface area contributed by atoms with Crippen LogP contribution in [0.5, 0.6) is 0 Å². The molecule has 2 heterocycles. The molecule has 1 N–H and O–H groups in total. The Hall–Kier alpha value is -2.31. The highest BCUT2D eigenvalue weighted by molar-refractivity contribution is 7.98. The normalized spacial score (nSPS) is 17.0. The van der Waals surface area contributed by atoms with Crippen molar-refractivity contribution in [3.63, 3.8) is 0 Å². The quantitative estimate of drug-likeness (QED) is 0.618. The van der Waals surface area contributed by atoms with Crippen LogP contribution >= 0.6 is 11.8 Å². The summed E-state index contributed by atoms with van der Waals surface area (Å²) in [4.78, 5) is 18.7. The zero-order chi connectivity index (χ0) is 21.0. The first-order valence-corrected chi connectivity index (χ1v) is 11.9. The van der Waals surface area contributed by atoms with Crippen LogP contribution in [0.4, 0.5) is 0 Å². The summed E-state index contributed by atoms with van der Waals surface area (Å²) in [6, 6.07) is 18.1. The molecule has 6 heteroatoms. The molecule has 1 aliphatic rings. The van der Waals surface area contributed by atoms with Crippen molar-refractivity contribution in [3.05, 3.63) is 66.0 Å². The Balaban J connectivity index is 1.68. The molecular formula is C24H29N3O2S. The Morgan fingerprint density at radius 3 is 2.57 bits per heavy atom. The Bertz CT molecular complexity index is 996. The molecule has 0 bridgehead atoms. The number of carbonyl (C=O) groups excluding carboxylic acids is 1. The third-order valence-electron chi connectivity index (χ3n) is 6.16. The van der Waals surface area contributed by atoms with Gasteiger partial charge in [0, 0.05) is 20.3 Å². The van der Waals surface area contributed by atoms with Gasteiger partial charge in [0.1, 0.15) is 5.82 Å². The van der Waals surface area contributed by atoms with Crippen molar-refractivity contribution in [3.8, 4) is 0 Å². The van der Waals surface area contributed by atoms with E-state index >= 15 is 0 Å². The van der Waals surface area contributed by atoms with Crippen LogP contribution in [0.3, 0.4) is 0 Å². The van der Waals surface area contributed by atoms with Crippen molar-refractivity contribution in [1.29, 1.82) is 0 Å². The number of ether oxygens (including phenoxy) is 1. The molecule has 1 unspecified atom stereocenters. The van der Waals surface area contributed by atoms with E-state index in [0.29, 0.717) is 26.1 Å². The second-order valence-electron chi connectivity index (χ2n) is 7.89. The highest BCUT2D eigenvalue weighted by Gasteiger charge is 2.42. The highest BCUT2D eigenvalue weighted by Crippen LogP contribution is 2.36. The number of nitrogens with zero attached hydrogens (tertiary/aromatic N) is 2. The zero-order valence-corrected chi connectivity index (χ0v) is 18.5. The lowest BCUT2D eigenvalue weighted by molar-refractivity contribution is -0.131. The third kappa shape index (κ3) is 3.98. The molecule has 2 aromatic carbocycles. The number of thioether (sulfide) groups is 1. The fraction of sp³-hybridized carbons (Fsp3) is 0.417. The summed E-state index contributed by atoms with van der Waals surface area (Å²) in [5.41, 5.74) is 2.56. The molecule has 5 nitrogen and oxygen atoms in total. The number of hydrogen-bond acceptors (Lipinski definition) is 4. The van der Waals surface area contributed by atoms with Gasteiger partial charge in [-0.15, -0.1) is 0 Å². The number of rotatable bonds is 7. The molecule has 1 fully saturated rings. The molecule has 1 amide bonds. The average molecular weight is 424 g/mol. The Morgan fingerprint density at radius 2 is 1.87 bits per heavy atom. The number of aromatic nitrogens is 2. The van der Waals surface area contributed by atoms with Crippen molar-refractivity contribution in [2.24, 2.45) is 7.05 Å². The van der Waals surface area contributed by atoms with E-state index in [0.717, 1.165) is 34.6 Å². The van der Waals surface area contributed by atoms with Gasteiger partial charge < -0.3 is 14.6 Å². The number of aryl methyl sites for hydroxylation is 1. The maximum Gasteiger partial charge on any atom is 0.231 e. The van der Waals surface area contributed by atoms with E-state index in [2.05, 4.69) is 34.3 Å². The minimum absolute atomic E-state index is 0.0789. The van der Waals surface area contributed by atoms with Crippen molar-refractivity contribution in [1.82, 2.24) is 14.9 Å². The van der Waals surface area contributed by atoms with Gasteiger partial charge in [-0.3, -0.25) is 4.79 Å². The van der Waals surface area contributed by atoms with Crippen LogP contribution in [0.25, 0.3) is 11.0 Å². The second-order valence-corrected chi connectivity index (χ2v) is 8.87. The molecular weight excluding hydrogens is 394 g/mol. The summed E-state index contributed by atoms with van der Waals surface area (Å²) in [5.74, 6) is 1.94. The van der Waals surface area contributed by atoms with E-state index in [4.69, 9.17) is 9.72 Å². The number of benzene rings is 2. The summed E-state index contributed by atoms with van der Waals surface area (Å²) in [5, 5.41) is 3.39. The van der Waals surface area contributed by atoms with Gasteiger partial charge in [0.15, 0.2) is 0 Å². The van der Waals surface area contributed by atoms with Crippen LogP contribution in [-0.2, 0) is 22.0 Å². The van der Waals surface area contributed by atoms with Crippen LogP contribution in [0.15, 0.2) is 54.6 Å². The van der Waals surface area contributed by atoms with Crippen LogP contribution < -0.4 is 5.32 Å². The molecule has 0 saturated carbocycles. The Labute approximate surface area is 182 Å². The summed E-state index contributed by atoms with van der Waals surface area (Å²) in [6.45, 7) is 1.20. The van der Waals surface area contributed by atoms with E-state index < -0.39 is 5.41 Å². The first-order chi connectivity index (χ1) is 14.7. The summed E-state index contributed by atoms with van der Waals surface area (Å²) in [7, 11) is 2.03. The van der Waals surface area contributed by atoms with Gasteiger partial charge in [-0.2, -0.15) is 11.8 Å². The fourth-order valence-electron chi connectivity index (χ4n) is 4.40. The number of para-hydroxylation sites is 2. The molecule has 1 atom stereocenters. The molecule has 1 aromatic heterocycles. The Kier molecular flexibility index (Phi) is 6.44. The van der Waals surface area contributed by atoms with Crippen molar-refractivity contribution < 1.29 is 9.53 Å². The van der Waals surface area contributed by atoms with Crippen LogP contribution in [-0.4, -0.2) is 40.7 Å². The van der Waals surface area contributed by atoms with Gasteiger partial charge >= 0.3 is 0 Å². The lowest BCUT2D eigenvalue weighted by atomic mass is 9.73. The maximum absolute atomic E-state index is 13.8. The molecule has 30 heavy (non-hydrogen) atoms. The fourth-order valence-corrected chi connectivity index (χ4v) is 4.87. The number of amides is 1. The SMILES string of the molecule is CSCCC(NC(=O)C1(c2ccccc2)CCOCC1)c1nc2ccccc2n1C. The predicted molar refractivity (Wildman–Crippen MR) is 123 cm³/mol. The second kappa shape index (κ2) is 9.23. The number of carbonyl (C=O) groups is 1.